The molecule has 3 rings (SSSR count). The van der Waals surface area contributed by atoms with E-state index in [4.69, 9.17) is 16.0 Å². The highest BCUT2D eigenvalue weighted by molar-refractivity contribution is 6.50. The lowest BCUT2D eigenvalue weighted by Gasteiger charge is -2.02. The summed E-state index contributed by atoms with van der Waals surface area (Å²) in [6, 6.07) is 15.1. The molecular formula is C19H16ClN3O2. The smallest absolute Gasteiger partial charge is 0.259 e. The van der Waals surface area contributed by atoms with Gasteiger partial charge in [-0.3, -0.25) is 4.79 Å². The van der Waals surface area contributed by atoms with Crippen molar-refractivity contribution >= 4 is 34.3 Å². The number of carbonyl (C=O) groups is 1. The Hall–Kier alpha value is -2.92. The molecule has 1 N–H and O–H groups in total. The van der Waals surface area contributed by atoms with E-state index in [-0.39, 0.29) is 11.8 Å². The van der Waals surface area contributed by atoms with Gasteiger partial charge in [0.15, 0.2) is 0 Å². The number of amides is 1. The fourth-order valence-corrected chi connectivity index (χ4v) is 2.49. The maximum Gasteiger partial charge on any atom is 0.259 e. The van der Waals surface area contributed by atoms with Crippen LogP contribution in [0.4, 0.5) is 5.69 Å². The average Bonchev–Trinajstić information content (AvgIpc) is 3.06. The Balaban J connectivity index is 1.80. The Morgan fingerprint density at radius 1 is 1.16 bits per heavy atom. The molecule has 0 fully saturated rings. The summed E-state index contributed by atoms with van der Waals surface area (Å²) in [7, 11) is 0. The summed E-state index contributed by atoms with van der Waals surface area (Å²) in [5.41, 5.74) is 3.54. The number of benzene rings is 2. The number of aromatic nitrogens is 2. The fraction of sp³-hybridized carbons (Fsp3) is 0.105. The lowest BCUT2D eigenvalue weighted by molar-refractivity contribution is -0.114. The molecule has 1 heterocycles. The highest BCUT2D eigenvalue weighted by atomic mass is 35.5. The van der Waals surface area contributed by atoms with Crippen LogP contribution < -0.4 is 5.32 Å². The number of halogens is 1. The van der Waals surface area contributed by atoms with Crippen LogP contribution in [0.15, 0.2) is 52.9 Å². The summed E-state index contributed by atoms with van der Waals surface area (Å²) >= 11 is 6.29. The summed E-state index contributed by atoms with van der Waals surface area (Å²) in [5, 5.41) is 11.1. The zero-order valence-corrected chi connectivity index (χ0v) is 14.5. The van der Waals surface area contributed by atoms with E-state index in [0.717, 1.165) is 22.4 Å². The van der Waals surface area contributed by atoms with E-state index in [1.54, 1.807) is 18.2 Å². The minimum Gasteiger partial charge on any atom is -0.415 e. The molecule has 6 heteroatoms. The minimum absolute atomic E-state index is 0.115. The lowest BCUT2D eigenvalue weighted by Crippen LogP contribution is -2.05. The number of aryl methyl sites for hydroxylation is 1. The molecule has 25 heavy (non-hydrogen) atoms. The third-order valence-electron chi connectivity index (χ3n) is 3.42. The third-order valence-corrected chi connectivity index (χ3v) is 3.69. The molecule has 0 aliphatic heterocycles. The number of carbonyl (C=O) groups excluding carboxylic acids is 1. The first-order valence-corrected chi connectivity index (χ1v) is 8.05. The molecule has 3 aromatic rings. The van der Waals surface area contributed by atoms with Crippen LogP contribution in [-0.2, 0) is 4.79 Å². The van der Waals surface area contributed by atoms with Gasteiger partial charge in [0.2, 0.25) is 11.8 Å². The van der Waals surface area contributed by atoms with Crippen molar-refractivity contribution in [3.63, 3.8) is 0 Å². The molecule has 1 amide bonds. The van der Waals surface area contributed by atoms with Crippen LogP contribution in [0.3, 0.4) is 0 Å². The largest absolute Gasteiger partial charge is 0.415 e. The quantitative estimate of drug-likeness (QED) is 0.735. The monoisotopic (exact) mass is 353 g/mol. The number of nitrogens with one attached hydrogen (secondary N) is 1. The van der Waals surface area contributed by atoms with Crippen LogP contribution in [0.25, 0.3) is 22.6 Å². The molecule has 1 aromatic heterocycles. The second kappa shape index (κ2) is 7.32. The molecule has 5 nitrogen and oxygen atoms in total. The zero-order valence-electron chi connectivity index (χ0n) is 13.8. The lowest BCUT2D eigenvalue weighted by atomic mass is 10.1. The average molecular weight is 354 g/mol. The molecule has 0 spiro atoms. The van der Waals surface area contributed by atoms with Crippen molar-refractivity contribution in [1.29, 1.82) is 0 Å². The van der Waals surface area contributed by atoms with Crippen LogP contribution >= 0.6 is 11.6 Å². The zero-order chi connectivity index (χ0) is 17.8. The van der Waals surface area contributed by atoms with Crippen molar-refractivity contribution in [2.24, 2.45) is 0 Å². The SMILES string of the molecule is CC(=O)Nc1ccc(/C=C(\Cl)c2nnc(-c3cccc(C)c3)o2)cc1. The van der Waals surface area contributed by atoms with Crippen molar-refractivity contribution in [3.05, 3.63) is 65.5 Å². The van der Waals surface area contributed by atoms with Crippen LogP contribution in [0.1, 0.15) is 23.9 Å². The van der Waals surface area contributed by atoms with Gasteiger partial charge in [-0.25, -0.2) is 0 Å². The maximum atomic E-state index is 11.0. The van der Waals surface area contributed by atoms with Crippen LogP contribution in [-0.4, -0.2) is 16.1 Å². The van der Waals surface area contributed by atoms with Gasteiger partial charge in [-0.1, -0.05) is 41.4 Å². The first-order chi connectivity index (χ1) is 12.0. The molecule has 126 valence electrons. The second-order valence-corrected chi connectivity index (χ2v) is 5.98. The summed E-state index contributed by atoms with van der Waals surface area (Å²) in [5.74, 6) is 0.561. The van der Waals surface area contributed by atoms with E-state index >= 15 is 0 Å². The molecule has 0 atom stereocenters. The molecule has 0 saturated carbocycles. The summed E-state index contributed by atoms with van der Waals surface area (Å²) in [6.07, 6.45) is 1.73. The normalized spacial score (nSPS) is 11.4. The Bertz CT molecular complexity index is 930. The van der Waals surface area contributed by atoms with E-state index in [2.05, 4.69) is 15.5 Å². The predicted octanol–water partition coefficient (Wildman–Crippen LogP) is 4.74. The third kappa shape index (κ3) is 4.33. The Morgan fingerprint density at radius 2 is 1.92 bits per heavy atom. The topological polar surface area (TPSA) is 68.0 Å². The predicted molar refractivity (Wildman–Crippen MR) is 98.9 cm³/mol. The van der Waals surface area contributed by atoms with Crippen LogP contribution in [0, 0.1) is 6.92 Å². The van der Waals surface area contributed by atoms with Gasteiger partial charge in [0.1, 0.15) is 5.03 Å². The Kier molecular flexibility index (Phi) is 4.95. The molecular weight excluding hydrogens is 338 g/mol. The van der Waals surface area contributed by atoms with E-state index in [1.807, 2.05) is 43.3 Å². The number of nitrogens with zero attached hydrogens (tertiary/aromatic N) is 2. The summed E-state index contributed by atoms with van der Waals surface area (Å²) < 4.78 is 5.66. The van der Waals surface area contributed by atoms with Crippen molar-refractivity contribution in [2.75, 3.05) is 5.32 Å². The maximum absolute atomic E-state index is 11.0. The molecule has 0 bridgehead atoms. The minimum atomic E-state index is -0.115. The van der Waals surface area contributed by atoms with Gasteiger partial charge in [0, 0.05) is 18.2 Å². The van der Waals surface area contributed by atoms with Gasteiger partial charge in [0.05, 0.1) is 0 Å². The van der Waals surface area contributed by atoms with Crippen molar-refractivity contribution in [2.45, 2.75) is 13.8 Å². The standard InChI is InChI=1S/C19H16ClN3O2/c1-12-4-3-5-15(10-12)18-22-23-19(25-18)17(20)11-14-6-8-16(9-7-14)21-13(2)24/h3-11H,1-2H3,(H,21,24)/b17-11-. The van der Waals surface area contributed by atoms with E-state index < -0.39 is 0 Å². The fourth-order valence-electron chi connectivity index (χ4n) is 2.29. The first-order valence-electron chi connectivity index (χ1n) is 7.67. The number of hydrogen-bond acceptors (Lipinski definition) is 4. The summed E-state index contributed by atoms with van der Waals surface area (Å²) in [4.78, 5) is 11.0. The van der Waals surface area contributed by atoms with E-state index in [1.165, 1.54) is 6.92 Å². The van der Waals surface area contributed by atoms with Crippen LogP contribution in [0.2, 0.25) is 0 Å². The molecule has 0 aliphatic carbocycles. The molecule has 0 unspecified atom stereocenters. The highest BCUT2D eigenvalue weighted by Gasteiger charge is 2.11. The molecule has 2 aromatic carbocycles. The van der Waals surface area contributed by atoms with Crippen molar-refractivity contribution in [3.8, 4) is 11.5 Å². The van der Waals surface area contributed by atoms with Gasteiger partial charge >= 0.3 is 0 Å². The molecule has 0 radical (unpaired) electrons. The highest BCUT2D eigenvalue weighted by Crippen LogP contribution is 2.26. The van der Waals surface area contributed by atoms with Crippen molar-refractivity contribution < 1.29 is 9.21 Å². The van der Waals surface area contributed by atoms with E-state index in [0.29, 0.717) is 10.9 Å². The number of anilines is 1. The number of hydrogen-bond donors (Lipinski definition) is 1. The molecule has 0 aliphatic rings. The Labute approximate surface area is 150 Å². The van der Waals surface area contributed by atoms with Crippen LogP contribution in [0.5, 0.6) is 0 Å². The van der Waals surface area contributed by atoms with E-state index in [9.17, 15) is 4.79 Å². The summed E-state index contributed by atoms with van der Waals surface area (Å²) in [6.45, 7) is 3.46. The second-order valence-electron chi connectivity index (χ2n) is 5.58. The molecule has 0 saturated heterocycles. The first kappa shape index (κ1) is 16.9. The van der Waals surface area contributed by atoms with Gasteiger partial charge in [-0.2, -0.15) is 0 Å². The van der Waals surface area contributed by atoms with Gasteiger partial charge < -0.3 is 9.73 Å². The Morgan fingerprint density at radius 3 is 2.60 bits per heavy atom. The number of rotatable bonds is 4. The van der Waals surface area contributed by atoms with Gasteiger partial charge in [-0.15, -0.1) is 10.2 Å². The van der Waals surface area contributed by atoms with Crippen molar-refractivity contribution in [1.82, 2.24) is 10.2 Å². The van der Waals surface area contributed by atoms with Gasteiger partial charge in [-0.05, 0) is 42.8 Å². The van der Waals surface area contributed by atoms with Gasteiger partial charge in [0.25, 0.3) is 5.89 Å².